The van der Waals surface area contributed by atoms with Gasteiger partial charge in [0.05, 0.1) is 16.1 Å². The number of rotatable bonds is 3. The first kappa shape index (κ1) is 20.1. The van der Waals surface area contributed by atoms with E-state index in [1.165, 1.54) is 35.6 Å². The molecular weight excluding hydrogens is 448 g/mol. The number of halogens is 5. The van der Waals surface area contributed by atoms with Crippen LogP contribution in [0.1, 0.15) is 33.9 Å². The van der Waals surface area contributed by atoms with E-state index in [0.717, 1.165) is 9.56 Å². The molecule has 1 aliphatic rings. The Bertz CT molecular complexity index is 1050. The molecule has 2 aromatic heterocycles. The average Bonchev–Trinajstić information content (AvgIpc) is 3.32. The first-order chi connectivity index (χ1) is 13.7. The summed E-state index contributed by atoms with van der Waals surface area (Å²) < 4.78 is 41.8. The molecule has 2 N–H and O–H groups in total. The molecule has 5 nitrogen and oxygen atoms in total. The number of benzene rings is 1. The molecule has 1 aliphatic heterocycles. The molecule has 3 aromatic rings. The van der Waals surface area contributed by atoms with Crippen LogP contribution in [0.3, 0.4) is 0 Å². The van der Waals surface area contributed by atoms with Crippen LogP contribution in [-0.2, 0) is 0 Å². The molecule has 0 aliphatic carbocycles. The summed E-state index contributed by atoms with van der Waals surface area (Å²) >= 11 is 13.1. The summed E-state index contributed by atoms with van der Waals surface area (Å²) in [5, 5.41) is 11.9. The van der Waals surface area contributed by atoms with Gasteiger partial charge in [-0.05, 0) is 29.6 Å². The molecule has 11 heteroatoms. The fourth-order valence-electron chi connectivity index (χ4n) is 3.13. The van der Waals surface area contributed by atoms with E-state index in [9.17, 15) is 18.0 Å². The molecule has 0 saturated heterocycles. The molecule has 29 heavy (non-hydrogen) atoms. The van der Waals surface area contributed by atoms with Gasteiger partial charge in [-0.3, -0.25) is 4.79 Å². The molecule has 2 atom stereocenters. The number of amides is 1. The van der Waals surface area contributed by atoms with Crippen molar-refractivity contribution in [1.29, 1.82) is 0 Å². The smallest absolute Gasteiger partial charge is 0.363 e. The highest BCUT2D eigenvalue weighted by atomic mass is 35.5. The quantitative estimate of drug-likeness (QED) is 0.491. The number of anilines is 2. The van der Waals surface area contributed by atoms with Crippen LogP contribution in [-0.4, -0.2) is 21.9 Å². The van der Waals surface area contributed by atoms with Crippen molar-refractivity contribution in [3.63, 3.8) is 0 Å². The Morgan fingerprint density at radius 1 is 1.24 bits per heavy atom. The number of alkyl halides is 3. The minimum Gasteiger partial charge on any atom is -0.363 e. The fourth-order valence-corrected chi connectivity index (χ4v) is 4.22. The number of hydrogen-bond donors (Lipinski definition) is 2. The van der Waals surface area contributed by atoms with Crippen LogP contribution >= 0.6 is 34.5 Å². The Hall–Kier alpha value is -2.23. The highest BCUT2D eigenvalue weighted by molar-refractivity contribution is 7.10. The van der Waals surface area contributed by atoms with Gasteiger partial charge in [0.2, 0.25) is 0 Å². The number of aromatic nitrogens is 2. The van der Waals surface area contributed by atoms with E-state index < -0.39 is 24.2 Å². The summed E-state index contributed by atoms with van der Waals surface area (Å²) in [7, 11) is 0. The summed E-state index contributed by atoms with van der Waals surface area (Å²) in [5.41, 5.74) is 0.215. The summed E-state index contributed by atoms with van der Waals surface area (Å²) in [6.07, 6.45) is -4.72. The molecule has 0 radical (unpaired) electrons. The van der Waals surface area contributed by atoms with Gasteiger partial charge in [-0.2, -0.15) is 18.3 Å². The normalized spacial score (nSPS) is 18.8. The van der Waals surface area contributed by atoms with Gasteiger partial charge in [0.25, 0.3) is 5.91 Å². The van der Waals surface area contributed by atoms with E-state index >= 15 is 0 Å². The third kappa shape index (κ3) is 4.08. The van der Waals surface area contributed by atoms with Crippen LogP contribution in [0.15, 0.2) is 41.8 Å². The number of carbonyl (C=O) groups is 1. The van der Waals surface area contributed by atoms with Crippen molar-refractivity contribution in [3.05, 3.63) is 62.4 Å². The van der Waals surface area contributed by atoms with Gasteiger partial charge in [-0.15, -0.1) is 11.3 Å². The molecule has 3 heterocycles. The summed E-state index contributed by atoms with van der Waals surface area (Å²) in [4.78, 5) is 13.3. The summed E-state index contributed by atoms with van der Waals surface area (Å²) in [6.45, 7) is 0. The van der Waals surface area contributed by atoms with E-state index in [0.29, 0.717) is 10.7 Å². The zero-order chi connectivity index (χ0) is 20.8. The third-order valence-corrected chi connectivity index (χ3v) is 6.21. The van der Waals surface area contributed by atoms with Crippen LogP contribution < -0.4 is 10.6 Å². The first-order valence-corrected chi connectivity index (χ1v) is 10.1. The lowest BCUT2D eigenvalue weighted by molar-refractivity contribution is -0.173. The van der Waals surface area contributed by atoms with Crippen molar-refractivity contribution < 1.29 is 18.0 Å². The largest absolute Gasteiger partial charge is 0.410 e. The van der Waals surface area contributed by atoms with E-state index in [-0.39, 0.29) is 23.0 Å². The second-order valence-corrected chi connectivity index (χ2v) is 8.24. The van der Waals surface area contributed by atoms with E-state index in [1.54, 1.807) is 12.1 Å². The number of nitrogens with one attached hydrogen (secondary N) is 2. The van der Waals surface area contributed by atoms with Crippen molar-refractivity contribution in [2.24, 2.45) is 0 Å². The van der Waals surface area contributed by atoms with Gasteiger partial charge < -0.3 is 10.6 Å². The van der Waals surface area contributed by atoms with Crippen molar-refractivity contribution in [3.8, 4) is 0 Å². The van der Waals surface area contributed by atoms with Crippen molar-refractivity contribution in [1.82, 2.24) is 9.78 Å². The predicted molar refractivity (Wildman–Crippen MR) is 107 cm³/mol. The summed E-state index contributed by atoms with van der Waals surface area (Å²) in [6, 6.07) is 7.00. The monoisotopic (exact) mass is 460 g/mol. The Kier molecular flexibility index (Phi) is 5.22. The Morgan fingerprint density at radius 3 is 2.69 bits per heavy atom. The summed E-state index contributed by atoms with van der Waals surface area (Å²) in [5.74, 6) is -0.517. The number of thiophene rings is 1. The van der Waals surface area contributed by atoms with E-state index in [1.807, 2.05) is 5.38 Å². The maximum atomic E-state index is 13.7. The molecule has 4 rings (SSSR count). The van der Waals surface area contributed by atoms with E-state index in [2.05, 4.69) is 15.7 Å². The highest BCUT2D eigenvalue weighted by Gasteiger charge is 2.47. The van der Waals surface area contributed by atoms with Crippen molar-refractivity contribution >= 4 is 52.0 Å². The third-order valence-electron chi connectivity index (χ3n) is 4.49. The first-order valence-electron chi connectivity index (χ1n) is 8.45. The second kappa shape index (κ2) is 7.55. The Morgan fingerprint density at radius 2 is 2.03 bits per heavy atom. The molecule has 0 spiro atoms. The molecule has 152 valence electrons. The zero-order valence-electron chi connectivity index (χ0n) is 14.5. The Balaban J connectivity index is 1.63. The topological polar surface area (TPSA) is 59.0 Å². The van der Waals surface area contributed by atoms with Crippen LogP contribution in [0.4, 0.5) is 24.7 Å². The fraction of sp³-hybridized carbons (Fsp3) is 0.222. The lowest BCUT2D eigenvalue weighted by Crippen LogP contribution is -2.35. The van der Waals surface area contributed by atoms with Gasteiger partial charge in [-0.1, -0.05) is 29.3 Å². The highest BCUT2D eigenvalue weighted by Crippen LogP contribution is 2.44. The number of fused-ring (bicyclic) bond motifs is 1. The van der Waals surface area contributed by atoms with Crippen molar-refractivity contribution in [2.75, 3.05) is 10.6 Å². The second-order valence-electron chi connectivity index (χ2n) is 6.45. The molecule has 1 amide bonds. The molecular formula is C18H13Cl2F3N4OS. The standard InChI is InChI=1S/C18H13Cl2F3N4OS/c19-10-4-3-9(6-11(10)20)24-17(28)13-8-16-25-12(14-2-1-5-29-14)7-15(18(21,22)23)27(16)26-13/h1-6,8,12,15,25H,7H2,(H,24,28)/t12-,15+/m0/s1. The number of hydrogen-bond acceptors (Lipinski definition) is 4. The number of carbonyl (C=O) groups excluding carboxylic acids is 1. The predicted octanol–water partition coefficient (Wildman–Crippen LogP) is 6.16. The van der Waals surface area contributed by atoms with Crippen LogP contribution in [0.25, 0.3) is 0 Å². The lowest BCUT2D eigenvalue weighted by Gasteiger charge is -2.32. The molecule has 0 saturated carbocycles. The molecule has 1 aromatic carbocycles. The van der Waals surface area contributed by atoms with Crippen LogP contribution in [0.2, 0.25) is 10.0 Å². The lowest BCUT2D eigenvalue weighted by atomic mass is 10.0. The van der Waals surface area contributed by atoms with Gasteiger partial charge in [0.1, 0.15) is 5.82 Å². The average molecular weight is 461 g/mol. The Labute approximate surface area is 177 Å². The maximum Gasteiger partial charge on any atom is 0.410 e. The minimum absolute atomic E-state index is 0.135. The SMILES string of the molecule is O=C(Nc1ccc(Cl)c(Cl)c1)c1cc2n(n1)[C@@H](C(F)(F)F)C[C@@H](c1cccs1)N2. The van der Waals surface area contributed by atoms with Gasteiger partial charge in [0.15, 0.2) is 11.7 Å². The van der Waals surface area contributed by atoms with E-state index in [4.69, 9.17) is 23.2 Å². The van der Waals surface area contributed by atoms with Gasteiger partial charge >= 0.3 is 6.18 Å². The van der Waals surface area contributed by atoms with Crippen LogP contribution in [0.5, 0.6) is 0 Å². The minimum atomic E-state index is -4.50. The maximum absolute atomic E-state index is 13.7. The van der Waals surface area contributed by atoms with Gasteiger partial charge in [-0.25, -0.2) is 4.68 Å². The number of nitrogens with zero attached hydrogens (tertiary/aromatic N) is 2. The molecule has 0 fully saturated rings. The molecule has 0 bridgehead atoms. The molecule has 0 unspecified atom stereocenters. The zero-order valence-corrected chi connectivity index (χ0v) is 16.8. The van der Waals surface area contributed by atoms with Crippen LogP contribution in [0, 0.1) is 0 Å². The van der Waals surface area contributed by atoms with Gasteiger partial charge in [0, 0.05) is 23.1 Å². The van der Waals surface area contributed by atoms with Crippen molar-refractivity contribution in [2.45, 2.75) is 24.7 Å².